The molecular formula is C16H20N4O. The van der Waals surface area contributed by atoms with Gasteiger partial charge < -0.3 is 14.5 Å². The van der Waals surface area contributed by atoms with Crippen molar-refractivity contribution in [3.05, 3.63) is 48.3 Å². The first-order valence-electron chi connectivity index (χ1n) is 7.16. The fourth-order valence-corrected chi connectivity index (χ4v) is 2.46. The smallest absolute Gasteiger partial charge is 0.225 e. The third-order valence-electron chi connectivity index (χ3n) is 3.58. The van der Waals surface area contributed by atoms with Crippen LogP contribution in [0, 0.1) is 0 Å². The van der Waals surface area contributed by atoms with E-state index in [0.717, 1.165) is 18.8 Å². The van der Waals surface area contributed by atoms with Gasteiger partial charge in [0.1, 0.15) is 6.10 Å². The highest BCUT2D eigenvalue weighted by Crippen LogP contribution is 2.25. The van der Waals surface area contributed by atoms with Crippen LogP contribution >= 0.6 is 0 Å². The summed E-state index contributed by atoms with van der Waals surface area (Å²) in [4.78, 5) is 13.1. The number of anilines is 2. The van der Waals surface area contributed by atoms with Crippen LogP contribution in [0.4, 0.5) is 11.6 Å². The minimum atomic E-state index is -0.0133. The van der Waals surface area contributed by atoms with Crippen molar-refractivity contribution in [1.82, 2.24) is 9.97 Å². The molecule has 1 aromatic heterocycles. The molecule has 1 aliphatic heterocycles. The maximum absolute atomic E-state index is 5.90. The molecule has 2 heterocycles. The molecule has 0 aliphatic carbocycles. The number of rotatable bonds is 3. The summed E-state index contributed by atoms with van der Waals surface area (Å²) in [6.45, 7) is 2.43. The van der Waals surface area contributed by atoms with Crippen LogP contribution in [0.2, 0.25) is 0 Å². The van der Waals surface area contributed by atoms with Crippen molar-refractivity contribution in [1.29, 1.82) is 0 Å². The Kier molecular flexibility index (Phi) is 4.01. The number of hydrogen-bond donors (Lipinski definition) is 0. The number of ether oxygens (including phenoxy) is 1. The van der Waals surface area contributed by atoms with Gasteiger partial charge in [-0.25, -0.2) is 9.97 Å². The van der Waals surface area contributed by atoms with Crippen LogP contribution in [0.25, 0.3) is 0 Å². The van der Waals surface area contributed by atoms with Crippen molar-refractivity contribution >= 4 is 11.6 Å². The molecule has 0 bridgehead atoms. The lowest BCUT2D eigenvalue weighted by atomic mass is 10.2. The van der Waals surface area contributed by atoms with Gasteiger partial charge in [0.25, 0.3) is 0 Å². The topological polar surface area (TPSA) is 41.5 Å². The Morgan fingerprint density at radius 1 is 1.19 bits per heavy atom. The zero-order chi connectivity index (χ0) is 14.7. The van der Waals surface area contributed by atoms with E-state index < -0.39 is 0 Å². The van der Waals surface area contributed by atoms with E-state index in [9.17, 15) is 0 Å². The largest absolute Gasteiger partial charge is 0.368 e. The van der Waals surface area contributed by atoms with E-state index in [1.807, 2.05) is 31.1 Å². The van der Waals surface area contributed by atoms with Crippen LogP contribution in [0.5, 0.6) is 0 Å². The Morgan fingerprint density at radius 3 is 2.76 bits per heavy atom. The molecule has 1 aliphatic rings. The molecule has 1 aromatic carbocycles. The van der Waals surface area contributed by atoms with Gasteiger partial charge in [0, 0.05) is 39.1 Å². The van der Waals surface area contributed by atoms with Gasteiger partial charge in [0.05, 0.1) is 12.3 Å². The predicted molar refractivity (Wildman–Crippen MR) is 83.7 cm³/mol. The number of para-hydroxylation sites is 1. The van der Waals surface area contributed by atoms with Gasteiger partial charge in [-0.3, -0.25) is 0 Å². The SMILES string of the molecule is CN(C)c1nccc([C@@H]2CN(c3ccccc3)CCO2)n1. The zero-order valence-electron chi connectivity index (χ0n) is 12.4. The molecule has 2 aromatic rings. The van der Waals surface area contributed by atoms with Crippen molar-refractivity contribution in [2.45, 2.75) is 6.10 Å². The number of benzene rings is 1. The Hall–Kier alpha value is -2.14. The van der Waals surface area contributed by atoms with Gasteiger partial charge in [-0.2, -0.15) is 0 Å². The Labute approximate surface area is 125 Å². The van der Waals surface area contributed by atoms with Gasteiger partial charge in [0.2, 0.25) is 5.95 Å². The molecule has 0 unspecified atom stereocenters. The van der Waals surface area contributed by atoms with E-state index >= 15 is 0 Å². The molecule has 1 atom stereocenters. The summed E-state index contributed by atoms with van der Waals surface area (Å²) >= 11 is 0. The number of hydrogen-bond acceptors (Lipinski definition) is 5. The van der Waals surface area contributed by atoms with Gasteiger partial charge in [0.15, 0.2) is 0 Å². The molecule has 0 saturated carbocycles. The lowest BCUT2D eigenvalue weighted by molar-refractivity contribution is 0.0370. The average molecular weight is 284 g/mol. The molecule has 21 heavy (non-hydrogen) atoms. The third-order valence-corrected chi connectivity index (χ3v) is 3.58. The highest BCUT2D eigenvalue weighted by molar-refractivity contribution is 5.46. The van der Waals surface area contributed by atoms with E-state index in [1.165, 1.54) is 5.69 Å². The molecule has 1 fully saturated rings. The molecular weight excluding hydrogens is 264 g/mol. The normalized spacial score (nSPS) is 18.6. The summed E-state index contributed by atoms with van der Waals surface area (Å²) < 4.78 is 5.90. The minimum Gasteiger partial charge on any atom is -0.368 e. The molecule has 1 saturated heterocycles. The van der Waals surface area contributed by atoms with Crippen molar-refractivity contribution in [2.24, 2.45) is 0 Å². The van der Waals surface area contributed by atoms with Gasteiger partial charge in [-0.15, -0.1) is 0 Å². The molecule has 3 rings (SSSR count). The number of nitrogens with zero attached hydrogens (tertiary/aromatic N) is 4. The standard InChI is InChI=1S/C16H20N4O/c1-19(2)16-17-9-8-14(18-16)15-12-20(10-11-21-15)13-6-4-3-5-7-13/h3-9,15H,10-12H2,1-2H3/t15-/m0/s1. The predicted octanol–water partition coefficient (Wildman–Crippen LogP) is 2.12. The third kappa shape index (κ3) is 3.13. The van der Waals surface area contributed by atoms with Gasteiger partial charge in [-0.1, -0.05) is 18.2 Å². The second-order valence-corrected chi connectivity index (χ2v) is 5.32. The van der Waals surface area contributed by atoms with Crippen LogP contribution in [0.3, 0.4) is 0 Å². The van der Waals surface area contributed by atoms with Crippen molar-refractivity contribution < 1.29 is 4.74 Å². The Balaban J connectivity index is 1.78. The van der Waals surface area contributed by atoms with Crippen LogP contribution in [0.15, 0.2) is 42.6 Å². The first-order valence-corrected chi connectivity index (χ1v) is 7.16. The van der Waals surface area contributed by atoms with Crippen LogP contribution in [0.1, 0.15) is 11.8 Å². The van der Waals surface area contributed by atoms with E-state index in [2.05, 4.69) is 39.1 Å². The van der Waals surface area contributed by atoms with E-state index in [-0.39, 0.29) is 6.10 Å². The lowest BCUT2D eigenvalue weighted by Crippen LogP contribution is -2.38. The van der Waals surface area contributed by atoms with Gasteiger partial charge >= 0.3 is 0 Å². The summed E-state index contributed by atoms with van der Waals surface area (Å²) in [6, 6.07) is 12.4. The first-order chi connectivity index (χ1) is 10.2. The highest BCUT2D eigenvalue weighted by Gasteiger charge is 2.23. The second-order valence-electron chi connectivity index (χ2n) is 5.32. The summed E-state index contributed by atoms with van der Waals surface area (Å²) in [6.07, 6.45) is 1.78. The fourth-order valence-electron chi connectivity index (χ4n) is 2.46. The highest BCUT2D eigenvalue weighted by atomic mass is 16.5. The maximum atomic E-state index is 5.90. The molecule has 0 spiro atoms. The summed E-state index contributed by atoms with van der Waals surface area (Å²) in [5.74, 6) is 0.716. The molecule has 5 heteroatoms. The lowest BCUT2D eigenvalue weighted by Gasteiger charge is -2.34. The summed E-state index contributed by atoms with van der Waals surface area (Å²) in [5, 5.41) is 0. The van der Waals surface area contributed by atoms with Crippen LogP contribution in [-0.2, 0) is 4.74 Å². The van der Waals surface area contributed by atoms with E-state index in [4.69, 9.17) is 4.74 Å². The van der Waals surface area contributed by atoms with Crippen LogP contribution < -0.4 is 9.80 Å². The zero-order valence-corrected chi connectivity index (χ0v) is 12.4. The van der Waals surface area contributed by atoms with Gasteiger partial charge in [-0.05, 0) is 18.2 Å². The second kappa shape index (κ2) is 6.10. The fraction of sp³-hybridized carbons (Fsp3) is 0.375. The first kappa shape index (κ1) is 13.8. The molecule has 5 nitrogen and oxygen atoms in total. The maximum Gasteiger partial charge on any atom is 0.225 e. The number of morpholine rings is 1. The van der Waals surface area contributed by atoms with Crippen LogP contribution in [-0.4, -0.2) is 43.8 Å². The summed E-state index contributed by atoms with van der Waals surface area (Å²) in [7, 11) is 3.88. The minimum absolute atomic E-state index is 0.0133. The monoisotopic (exact) mass is 284 g/mol. The molecule has 0 amide bonds. The molecule has 110 valence electrons. The number of aromatic nitrogens is 2. The quantitative estimate of drug-likeness (QED) is 0.863. The molecule has 0 radical (unpaired) electrons. The Morgan fingerprint density at radius 2 is 2.00 bits per heavy atom. The summed E-state index contributed by atoms with van der Waals surface area (Å²) in [5.41, 5.74) is 2.17. The van der Waals surface area contributed by atoms with Crippen molar-refractivity contribution in [3.63, 3.8) is 0 Å². The van der Waals surface area contributed by atoms with E-state index in [0.29, 0.717) is 12.6 Å². The average Bonchev–Trinajstić information content (AvgIpc) is 2.56. The van der Waals surface area contributed by atoms with Crippen molar-refractivity contribution in [2.75, 3.05) is 43.6 Å². The molecule has 0 N–H and O–H groups in total. The van der Waals surface area contributed by atoms with E-state index in [1.54, 1.807) is 6.20 Å². The van der Waals surface area contributed by atoms with Crippen molar-refractivity contribution in [3.8, 4) is 0 Å². The Bertz CT molecular complexity index is 588.